The van der Waals surface area contributed by atoms with Gasteiger partial charge in [-0.2, -0.15) is 0 Å². The van der Waals surface area contributed by atoms with Gasteiger partial charge in [0.05, 0.1) is 0 Å². The summed E-state index contributed by atoms with van der Waals surface area (Å²) in [6, 6.07) is 8.97. The van der Waals surface area contributed by atoms with Crippen molar-refractivity contribution in [2.24, 2.45) is 0 Å². The normalized spacial score (nSPS) is 10.2. The number of aryl methyl sites for hydroxylation is 2. The summed E-state index contributed by atoms with van der Waals surface area (Å²) >= 11 is 0. The summed E-state index contributed by atoms with van der Waals surface area (Å²) in [7, 11) is 0. The molecule has 2 rings (SSSR count). The number of hydrogen-bond donors (Lipinski definition) is 2. The highest BCUT2D eigenvalue weighted by molar-refractivity contribution is 5.85. The van der Waals surface area contributed by atoms with Crippen molar-refractivity contribution in [1.82, 2.24) is 0 Å². The molecule has 1 aromatic heterocycles. The second-order valence-electron chi connectivity index (χ2n) is 3.86. The molecular formula is C13H13NO3. The molecule has 1 aromatic carbocycles. The first-order valence-electron chi connectivity index (χ1n) is 5.24. The molecule has 0 saturated heterocycles. The van der Waals surface area contributed by atoms with E-state index in [0.717, 1.165) is 16.8 Å². The molecule has 0 unspecified atom stereocenters. The van der Waals surface area contributed by atoms with Crippen LogP contribution in [0.3, 0.4) is 0 Å². The van der Waals surface area contributed by atoms with E-state index in [1.807, 2.05) is 32.0 Å². The Morgan fingerprint density at radius 3 is 2.35 bits per heavy atom. The summed E-state index contributed by atoms with van der Waals surface area (Å²) in [4.78, 5) is 10.7. The first-order valence-corrected chi connectivity index (χ1v) is 5.24. The van der Waals surface area contributed by atoms with E-state index in [1.165, 1.54) is 6.07 Å². The summed E-state index contributed by atoms with van der Waals surface area (Å²) in [6.07, 6.45) is 0. The minimum absolute atomic E-state index is 0.0706. The first kappa shape index (κ1) is 11.3. The highest BCUT2D eigenvalue weighted by Crippen LogP contribution is 2.25. The standard InChI is InChI=1S/C13H13NO3/c1-8-4-3-5-9(2)12(8)14-11-7-6-10(17-11)13(15)16/h3-7,14H,1-2H3,(H,15,16). The molecular weight excluding hydrogens is 218 g/mol. The zero-order chi connectivity index (χ0) is 12.4. The molecule has 2 aromatic rings. The second-order valence-corrected chi connectivity index (χ2v) is 3.86. The number of aromatic carboxylic acids is 1. The Labute approximate surface area is 98.9 Å². The maximum absolute atomic E-state index is 10.7. The molecule has 0 amide bonds. The number of benzene rings is 1. The third kappa shape index (κ3) is 2.30. The molecule has 4 heteroatoms. The van der Waals surface area contributed by atoms with Crippen LogP contribution in [0.25, 0.3) is 0 Å². The van der Waals surface area contributed by atoms with Crippen molar-refractivity contribution in [2.75, 3.05) is 5.32 Å². The Bertz CT molecular complexity index is 537. The lowest BCUT2D eigenvalue weighted by molar-refractivity contribution is 0.0663. The van der Waals surface area contributed by atoms with E-state index in [1.54, 1.807) is 6.07 Å². The predicted molar refractivity (Wildman–Crippen MR) is 64.9 cm³/mol. The fraction of sp³-hybridized carbons (Fsp3) is 0.154. The summed E-state index contributed by atoms with van der Waals surface area (Å²) in [5.74, 6) is -0.710. The first-order chi connectivity index (χ1) is 8.08. The molecule has 0 atom stereocenters. The van der Waals surface area contributed by atoms with Gasteiger partial charge in [0.1, 0.15) is 0 Å². The summed E-state index contributed by atoms with van der Waals surface area (Å²) < 4.78 is 5.15. The summed E-state index contributed by atoms with van der Waals surface area (Å²) in [5, 5.41) is 11.8. The molecule has 2 N–H and O–H groups in total. The Balaban J connectivity index is 2.28. The van der Waals surface area contributed by atoms with Crippen molar-refractivity contribution in [1.29, 1.82) is 0 Å². The minimum Gasteiger partial charge on any atom is -0.475 e. The van der Waals surface area contributed by atoms with E-state index in [4.69, 9.17) is 9.52 Å². The van der Waals surface area contributed by atoms with Gasteiger partial charge < -0.3 is 14.8 Å². The minimum atomic E-state index is -1.07. The van der Waals surface area contributed by atoms with Crippen LogP contribution in [0, 0.1) is 13.8 Å². The predicted octanol–water partition coefficient (Wildman–Crippen LogP) is 3.34. The van der Waals surface area contributed by atoms with Gasteiger partial charge in [-0.05, 0) is 31.0 Å². The van der Waals surface area contributed by atoms with E-state index in [9.17, 15) is 4.79 Å². The highest BCUT2D eigenvalue weighted by Gasteiger charge is 2.10. The second kappa shape index (κ2) is 4.33. The number of carbonyl (C=O) groups is 1. The largest absolute Gasteiger partial charge is 0.475 e. The van der Waals surface area contributed by atoms with Crippen LogP contribution in [0.4, 0.5) is 11.6 Å². The fourth-order valence-electron chi connectivity index (χ4n) is 1.65. The van der Waals surface area contributed by atoms with Gasteiger partial charge in [-0.15, -0.1) is 0 Å². The van der Waals surface area contributed by atoms with Crippen LogP contribution in [0.15, 0.2) is 34.7 Å². The Kier molecular flexibility index (Phi) is 2.87. The number of anilines is 2. The van der Waals surface area contributed by atoms with E-state index in [2.05, 4.69) is 5.32 Å². The van der Waals surface area contributed by atoms with Crippen LogP contribution in [0.1, 0.15) is 21.7 Å². The molecule has 0 saturated carbocycles. The van der Waals surface area contributed by atoms with Gasteiger partial charge in [-0.3, -0.25) is 0 Å². The van der Waals surface area contributed by atoms with Crippen molar-refractivity contribution in [2.45, 2.75) is 13.8 Å². The quantitative estimate of drug-likeness (QED) is 0.850. The maximum atomic E-state index is 10.7. The molecule has 0 radical (unpaired) electrons. The topological polar surface area (TPSA) is 62.5 Å². The van der Waals surface area contributed by atoms with Gasteiger partial charge >= 0.3 is 5.97 Å². The zero-order valence-corrected chi connectivity index (χ0v) is 9.65. The van der Waals surface area contributed by atoms with Crippen LogP contribution >= 0.6 is 0 Å². The molecule has 4 nitrogen and oxygen atoms in total. The van der Waals surface area contributed by atoms with Crippen LogP contribution in [0.2, 0.25) is 0 Å². The molecule has 0 aliphatic heterocycles. The van der Waals surface area contributed by atoms with Gasteiger partial charge in [0.2, 0.25) is 5.76 Å². The van der Waals surface area contributed by atoms with Crippen molar-refractivity contribution >= 4 is 17.5 Å². The molecule has 1 heterocycles. The molecule has 0 bridgehead atoms. The number of para-hydroxylation sites is 1. The van der Waals surface area contributed by atoms with Crippen LogP contribution < -0.4 is 5.32 Å². The van der Waals surface area contributed by atoms with Crippen LogP contribution in [0.5, 0.6) is 0 Å². The van der Waals surface area contributed by atoms with Gasteiger partial charge in [-0.1, -0.05) is 18.2 Å². The highest BCUT2D eigenvalue weighted by atomic mass is 16.4. The van der Waals surface area contributed by atoms with Crippen molar-refractivity contribution in [3.05, 3.63) is 47.2 Å². The van der Waals surface area contributed by atoms with Gasteiger partial charge in [0, 0.05) is 11.8 Å². The lowest BCUT2D eigenvalue weighted by atomic mass is 10.1. The van der Waals surface area contributed by atoms with Crippen molar-refractivity contribution in [3.8, 4) is 0 Å². The molecule has 88 valence electrons. The molecule has 17 heavy (non-hydrogen) atoms. The fourth-order valence-corrected chi connectivity index (χ4v) is 1.65. The summed E-state index contributed by atoms with van der Waals surface area (Å²) in [6.45, 7) is 3.97. The zero-order valence-electron chi connectivity index (χ0n) is 9.65. The monoisotopic (exact) mass is 231 g/mol. The Hall–Kier alpha value is -2.23. The van der Waals surface area contributed by atoms with Gasteiger partial charge in [-0.25, -0.2) is 4.79 Å². The van der Waals surface area contributed by atoms with Crippen molar-refractivity contribution in [3.63, 3.8) is 0 Å². The number of furan rings is 1. The maximum Gasteiger partial charge on any atom is 0.371 e. The molecule has 0 fully saturated rings. The van der Waals surface area contributed by atoms with Gasteiger partial charge in [0.25, 0.3) is 0 Å². The van der Waals surface area contributed by atoms with Gasteiger partial charge in [0.15, 0.2) is 5.88 Å². The van der Waals surface area contributed by atoms with E-state index in [0.29, 0.717) is 5.88 Å². The molecule has 0 spiro atoms. The number of carboxylic acid groups (broad SMARTS) is 1. The molecule has 0 aliphatic rings. The Morgan fingerprint density at radius 2 is 1.82 bits per heavy atom. The van der Waals surface area contributed by atoms with Crippen LogP contribution in [-0.2, 0) is 0 Å². The third-order valence-electron chi connectivity index (χ3n) is 2.55. The number of rotatable bonds is 3. The summed E-state index contributed by atoms with van der Waals surface area (Å²) in [5.41, 5.74) is 3.11. The van der Waals surface area contributed by atoms with E-state index < -0.39 is 5.97 Å². The number of hydrogen-bond acceptors (Lipinski definition) is 3. The average molecular weight is 231 g/mol. The third-order valence-corrected chi connectivity index (χ3v) is 2.55. The average Bonchev–Trinajstić information content (AvgIpc) is 2.72. The van der Waals surface area contributed by atoms with E-state index in [-0.39, 0.29) is 5.76 Å². The molecule has 0 aliphatic carbocycles. The SMILES string of the molecule is Cc1cccc(C)c1Nc1ccc(C(=O)O)o1. The Morgan fingerprint density at radius 1 is 1.18 bits per heavy atom. The van der Waals surface area contributed by atoms with Crippen LogP contribution in [-0.4, -0.2) is 11.1 Å². The number of nitrogens with one attached hydrogen (secondary N) is 1. The lowest BCUT2D eigenvalue weighted by Crippen LogP contribution is -1.95. The van der Waals surface area contributed by atoms with E-state index >= 15 is 0 Å². The van der Waals surface area contributed by atoms with Crippen molar-refractivity contribution < 1.29 is 14.3 Å². The lowest BCUT2D eigenvalue weighted by Gasteiger charge is -2.09. The smallest absolute Gasteiger partial charge is 0.371 e. The number of carboxylic acids is 1.